The molecule has 0 aliphatic carbocycles. The third-order valence-electron chi connectivity index (χ3n) is 4.27. The maximum absolute atomic E-state index is 11.8. The topological polar surface area (TPSA) is 120 Å². The van der Waals surface area contributed by atoms with Gasteiger partial charge in [0.05, 0.1) is 18.4 Å². The van der Waals surface area contributed by atoms with Gasteiger partial charge in [-0.1, -0.05) is 12.1 Å². The summed E-state index contributed by atoms with van der Waals surface area (Å²) < 4.78 is 7.06. The van der Waals surface area contributed by atoms with E-state index in [1.165, 1.54) is 0 Å². The van der Waals surface area contributed by atoms with Gasteiger partial charge in [0.1, 0.15) is 17.5 Å². The number of ether oxygens (including phenoxy) is 1. The summed E-state index contributed by atoms with van der Waals surface area (Å²) in [6, 6.07) is 7.68. The van der Waals surface area contributed by atoms with Crippen LogP contribution in [0.15, 0.2) is 24.4 Å². The maximum Gasteiger partial charge on any atom is 0.269 e. The zero-order valence-electron chi connectivity index (χ0n) is 14.1. The first-order chi connectivity index (χ1) is 11.9. The van der Waals surface area contributed by atoms with Crippen LogP contribution in [0.25, 0.3) is 22.2 Å². The average Bonchev–Trinajstić information content (AvgIpc) is 2.90. The normalized spacial score (nSPS) is 10.6. The number of pyridine rings is 1. The Labute approximate surface area is 144 Å². The van der Waals surface area contributed by atoms with E-state index in [4.69, 9.17) is 16.2 Å². The summed E-state index contributed by atoms with van der Waals surface area (Å²) in [5.74, 6) is -0.0437. The fourth-order valence-corrected chi connectivity index (χ4v) is 3.08. The van der Waals surface area contributed by atoms with Crippen molar-refractivity contribution < 1.29 is 9.53 Å². The number of carbonyl (C=O) groups excluding carboxylic acids is 1. The number of benzene rings is 1. The van der Waals surface area contributed by atoms with Gasteiger partial charge in [-0.15, -0.1) is 0 Å². The van der Waals surface area contributed by atoms with Crippen molar-refractivity contribution in [2.45, 2.75) is 6.92 Å². The van der Waals surface area contributed by atoms with Crippen LogP contribution in [0.5, 0.6) is 5.75 Å². The molecule has 0 spiro atoms. The Morgan fingerprint density at radius 1 is 1.40 bits per heavy atom. The van der Waals surface area contributed by atoms with E-state index in [0.29, 0.717) is 27.9 Å². The van der Waals surface area contributed by atoms with Crippen LogP contribution >= 0.6 is 0 Å². The summed E-state index contributed by atoms with van der Waals surface area (Å²) in [5, 5.41) is 10.1. The van der Waals surface area contributed by atoms with Gasteiger partial charge in [0.25, 0.3) is 5.91 Å². The molecule has 0 radical (unpaired) electrons. The summed E-state index contributed by atoms with van der Waals surface area (Å²) in [6.45, 7) is 1.89. The second-order valence-corrected chi connectivity index (χ2v) is 5.71. The summed E-state index contributed by atoms with van der Waals surface area (Å²) in [7, 11) is 3.33. The van der Waals surface area contributed by atoms with Gasteiger partial charge in [-0.3, -0.25) is 4.79 Å². The molecule has 1 aromatic carbocycles. The first kappa shape index (κ1) is 16.3. The van der Waals surface area contributed by atoms with Crippen molar-refractivity contribution in [3.8, 4) is 22.9 Å². The molecule has 0 atom stereocenters. The minimum atomic E-state index is -0.721. The minimum absolute atomic E-state index is 0.0181. The van der Waals surface area contributed by atoms with Crippen LogP contribution in [0, 0.1) is 18.3 Å². The number of carbonyl (C=O) groups is 1. The molecule has 7 nitrogen and oxygen atoms in total. The lowest BCUT2D eigenvalue weighted by Crippen LogP contribution is -2.17. The maximum atomic E-state index is 11.8. The number of nitrogens with two attached hydrogens (primary N) is 2. The zero-order valence-corrected chi connectivity index (χ0v) is 14.1. The Bertz CT molecular complexity index is 1060. The molecule has 126 valence electrons. The van der Waals surface area contributed by atoms with Gasteiger partial charge >= 0.3 is 0 Å². The molecule has 1 amide bonds. The fourth-order valence-electron chi connectivity index (χ4n) is 3.08. The van der Waals surface area contributed by atoms with Gasteiger partial charge in [-0.25, -0.2) is 4.98 Å². The van der Waals surface area contributed by atoms with Gasteiger partial charge in [0, 0.05) is 24.2 Å². The number of aromatic nitrogens is 2. The van der Waals surface area contributed by atoms with Crippen LogP contribution < -0.4 is 16.2 Å². The number of rotatable bonds is 3. The molecule has 7 heteroatoms. The number of nitrogens with zero attached hydrogens (tertiary/aromatic N) is 3. The second-order valence-electron chi connectivity index (χ2n) is 5.71. The highest BCUT2D eigenvalue weighted by Gasteiger charge is 2.23. The molecule has 2 aromatic heterocycles. The van der Waals surface area contributed by atoms with Gasteiger partial charge in [-0.05, 0) is 24.1 Å². The van der Waals surface area contributed by atoms with E-state index in [9.17, 15) is 10.1 Å². The third-order valence-corrected chi connectivity index (χ3v) is 4.27. The number of methoxy groups -OCH3 is 1. The Morgan fingerprint density at radius 2 is 2.12 bits per heavy atom. The van der Waals surface area contributed by atoms with Crippen molar-refractivity contribution in [2.24, 2.45) is 12.8 Å². The first-order valence-electron chi connectivity index (χ1n) is 7.53. The zero-order chi connectivity index (χ0) is 18.3. The number of amides is 1. The number of hydrogen-bond acceptors (Lipinski definition) is 5. The Kier molecular flexibility index (Phi) is 3.81. The lowest BCUT2D eigenvalue weighted by Gasteiger charge is -2.15. The SMILES string of the molecule is COc1cccc(-c2c(N)c(C(N)=O)nc3c2c(C#N)cn3C)c1C. The lowest BCUT2D eigenvalue weighted by atomic mass is 9.94. The van der Waals surface area contributed by atoms with Crippen molar-refractivity contribution >= 4 is 22.6 Å². The Hall–Kier alpha value is -3.53. The molecule has 0 saturated carbocycles. The van der Waals surface area contributed by atoms with Crippen molar-refractivity contribution in [3.63, 3.8) is 0 Å². The first-order valence-corrected chi connectivity index (χ1v) is 7.53. The molecule has 2 heterocycles. The van der Waals surface area contributed by atoms with E-state index in [0.717, 1.165) is 11.1 Å². The van der Waals surface area contributed by atoms with Crippen molar-refractivity contribution in [3.05, 3.63) is 41.2 Å². The van der Waals surface area contributed by atoms with Crippen LogP contribution in [-0.4, -0.2) is 22.6 Å². The van der Waals surface area contributed by atoms with Gasteiger partial charge in [-0.2, -0.15) is 5.26 Å². The van der Waals surface area contributed by atoms with Crippen LogP contribution in [0.3, 0.4) is 0 Å². The van der Waals surface area contributed by atoms with Crippen LogP contribution in [0.2, 0.25) is 0 Å². The molecule has 3 aromatic rings. The number of nitriles is 1. The second kappa shape index (κ2) is 5.83. The molecule has 4 N–H and O–H groups in total. The number of fused-ring (bicyclic) bond motifs is 1. The number of anilines is 1. The van der Waals surface area contributed by atoms with E-state index in [2.05, 4.69) is 11.1 Å². The van der Waals surface area contributed by atoms with E-state index in [-0.39, 0.29) is 11.4 Å². The average molecular weight is 335 g/mol. The van der Waals surface area contributed by atoms with Gasteiger partial charge in [0.15, 0.2) is 5.69 Å². The van der Waals surface area contributed by atoms with Crippen molar-refractivity contribution in [1.29, 1.82) is 5.26 Å². The van der Waals surface area contributed by atoms with E-state index in [1.54, 1.807) is 24.9 Å². The highest BCUT2D eigenvalue weighted by Crippen LogP contribution is 2.40. The standard InChI is InChI=1S/C18H17N5O2/c1-9-11(5-4-6-12(9)25-3)14-13-10(7-19)8-23(2)18(13)22-16(15(14)20)17(21)24/h4-6,8H,20H2,1-3H3,(H2,21,24). The molecular weight excluding hydrogens is 318 g/mol. The molecule has 0 bridgehead atoms. The van der Waals surface area contributed by atoms with Gasteiger partial charge < -0.3 is 20.8 Å². The Balaban J connectivity index is 2.55. The van der Waals surface area contributed by atoms with Crippen LogP contribution in [0.4, 0.5) is 5.69 Å². The molecule has 3 rings (SSSR count). The van der Waals surface area contributed by atoms with Crippen LogP contribution in [-0.2, 0) is 7.05 Å². The largest absolute Gasteiger partial charge is 0.496 e. The molecule has 0 fully saturated rings. The van der Waals surface area contributed by atoms with E-state index >= 15 is 0 Å². The predicted molar refractivity (Wildman–Crippen MR) is 95.1 cm³/mol. The Morgan fingerprint density at radius 3 is 2.72 bits per heavy atom. The van der Waals surface area contributed by atoms with Crippen molar-refractivity contribution in [1.82, 2.24) is 9.55 Å². The minimum Gasteiger partial charge on any atom is -0.496 e. The molecule has 0 aliphatic rings. The highest BCUT2D eigenvalue weighted by atomic mass is 16.5. The number of hydrogen-bond donors (Lipinski definition) is 2. The molecular formula is C18H17N5O2. The number of aryl methyl sites for hydroxylation is 1. The molecule has 0 saturated heterocycles. The predicted octanol–water partition coefficient (Wildman–Crippen LogP) is 2.11. The molecule has 25 heavy (non-hydrogen) atoms. The number of primary amides is 1. The van der Waals surface area contributed by atoms with Gasteiger partial charge in [0.2, 0.25) is 0 Å². The van der Waals surface area contributed by atoms with E-state index < -0.39 is 5.91 Å². The lowest BCUT2D eigenvalue weighted by molar-refractivity contribution is 0.0997. The van der Waals surface area contributed by atoms with Crippen LogP contribution in [0.1, 0.15) is 21.6 Å². The monoisotopic (exact) mass is 335 g/mol. The third kappa shape index (κ3) is 2.35. The van der Waals surface area contributed by atoms with Crippen molar-refractivity contribution in [2.75, 3.05) is 12.8 Å². The van der Waals surface area contributed by atoms with E-state index in [1.807, 2.05) is 25.1 Å². The summed E-state index contributed by atoms with van der Waals surface area (Å²) in [6.07, 6.45) is 1.65. The highest BCUT2D eigenvalue weighted by molar-refractivity contribution is 6.10. The number of nitrogen functional groups attached to an aromatic ring is 1. The fraction of sp³-hybridized carbons (Fsp3) is 0.167. The summed E-state index contributed by atoms with van der Waals surface area (Å²) in [5.41, 5.74) is 14.9. The summed E-state index contributed by atoms with van der Waals surface area (Å²) >= 11 is 0. The summed E-state index contributed by atoms with van der Waals surface area (Å²) in [4.78, 5) is 16.1. The quantitative estimate of drug-likeness (QED) is 0.759. The molecule has 0 unspecified atom stereocenters. The molecule has 0 aliphatic heterocycles. The smallest absolute Gasteiger partial charge is 0.269 e.